The zero-order chi connectivity index (χ0) is 13.9. The van der Waals surface area contributed by atoms with E-state index in [-0.39, 0.29) is 0 Å². The van der Waals surface area contributed by atoms with E-state index in [4.69, 9.17) is 0 Å². The molecule has 0 amide bonds. The average molecular weight is 263 g/mol. The minimum atomic E-state index is -0.591. The van der Waals surface area contributed by atoms with Gasteiger partial charge < -0.3 is 10.4 Å². The first-order valence-corrected chi connectivity index (χ1v) is 7.29. The number of aryl methyl sites for hydroxylation is 2. The van der Waals surface area contributed by atoms with Gasteiger partial charge in [-0.3, -0.25) is 0 Å². The summed E-state index contributed by atoms with van der Waals surface area (Å²) in [5.74, 6) is 1.42. The highest BCUT2D eigenvalue weighted by Crippen LogP contribution is 2.33. The molecule has 0 unspecified atom stereocenters. The Morgan fingerprint density at radius 2 is 1.84 bits per heavy atom. The van der Waals surface area contributed by atoms with Gasteiger partial charge >= 0.3 is 0 Å². The number of nitrogens with zero attached hydrogens (tertiary/aromatic N) is 2. The van der Waals surface area contributed by atoms with Crippen LogP contribution < -0.4 is 5.32 Å². The lowest BCUT2D eigenvalue weighted by atomic mass is 9.78. The molecule has 2 rings (SSSR count). The van der Waals surface area contributed by atoms with E-state index in [0.717, 1.165) is 43.0 Å². The van der Waals surface area contributed by atoms with Crippen molar-refractivity contribution in [3.05, 3.63) is 17.5 Å². The van der Waals surface area contributed by atoms with E-state index >= 15 is 0 Å². The maximum absolute atomic E-state index is 10.6. The highest BCUT2D eigenvalue weighted by molar-refractivity contribution is 5.28. The highest BCUT2D eigenvalue weighted by atomic mass is 16.3. The lowest BCUT2D eigenvalue weighted by Gasteiger charge is -2.35. The Morgan fingerprint density at radius 1 is 1.26 bits per heavy atom. The van der Waals surface area contributed by atoms with E-state index in [2.05, 4.69) is 22.2 Å². The summed E-state index contributed by atoms with van der Waals surface area (Å²) in [6.45, 7) is 6.70. The summed E-state index contributed by atoms with van der Waals surface area (Å²) >= 11 is 0. The monoisotopic (exact) mass is 263 g/mol. The minimum absolute atomic E-state index is 0.548. The van der Waals surface area contributed by atoms with Gasteiger partial charge in [0.25, 0.3) is 0 Å². The van der Waals surface area contributed by atoms with Crippen LogP contribution in [0, 0.1) is 19.8 Å². The number of aliphatic hydroxyl groups is 1. The van der Waals surface area contributed by atoms with Crippen LogP contribution in [0.4, 0.5) is 5.95 Å². The third kappa shape index (κ3) is 3.90. The molecule has 1 heterocycles. The van der Waals surface area contributed by atoms with Crippen LogP contribution in [-0.2, 0) is 0 Å². The summed E-state index contributed by atoms with van der Waals surface area (Å²) in [7, 11) is 0. The Balaban J connectivity index is 1.91. The van der Waals surface area contributed by atoms with Crippen LogP contribution in [0.5, 0.6) is 0 Å². The van der Waals surface area contributed by atoms with Crippen molar-refractivity contribution in [3.8, 4) is 0 Å². The fraction of sp³-hybridized carbons (Fsp3) is 0.733. The molecule has 0 radical (unpaired) electrons. The third-order valence-corrected chi connectivity index (χ3v) is 4.17. The largest absolute Gasteiger partial charge is 0.388 e. The second kappa shape index (κ2) is 5.87. The maximum atomic E-state index is 10.6. The summed E-state index contributed by atoms with van der Waals surface area (Å²) in [5.41, 5.74) is 1.32. The number of hydrogen-bond acceptors (Lipinski definition) is 4. The number of aromatic nitrogens is 2. The van der Waals surface area contributed by atoms with Crippen LogP contribution in [0.2, 0.25) is 0 Å². The molecular formula is C15H25N3O. The Morgan fingerprint density at radius 3 is 2.37 bits per heavy atom. The van der Waals surface area contributed by atoms with E-state index in [0.29, 0.717) is 12.5 Å². The van der Waals surface area contributed by atoms with Crippen LogP contribution in [0.15, 0.2) is 6.07 Å². The smallest absolute Gasteiger partial charge is 0.223 e. The van der Waals surface area contributed by atoms with Crippen molar-refractivity contribution in [2.75, 3.05) is 11.9 Å². The molecule has 4 heteroatoms. The second-order valence-electron chi connectivity index (χ2n) is 5.90. The van der Waals surface area contributed by atoms with E-state index in [9.17, 15) is 5.11 Å². The van der Waals surface area contributed by atoms with Crippen LogP contribution >= 0.6 is 0 Å². The minimum Gasteiger partial charge on any atom is -0.388 e. The van der Waals surface area contributed by atoms with Gasteiger partial charge in [0.15, 0.2) is 0 Å². The predicted molar refractivity (Wildman–Crippen MR) is 77.2 cm³/mol. The van der Waals surface area contributed by atoms with Gasteiger partial charge in [-0.05, 0) is 51.5 Å². The zero-order valence-corrected chi connectivity index (χ0v) is 12.2. The Kier molecular flexibility index (Phi) is 4.40. The average Bonchev–Trinajstić information content (AvgIpc) is 2.37. The molecule has 0 aliphatic heterocycles. The summed E-state index contributed by atoms with van der Waals surface area (Å²) in [6.07, 6.45) is 5.24. The van der Waals surface area contributed by atoms with Crippen molar-refractivity contribution in [3.63, 3.8) is 0 Å². The van der Waals surface area contributed by atoms with Gasteiger partial charge in [-0.1, -0.05) is 13.3 Å². The van der Waals surface area contributed by atoms with E-state index in [1.807, 2.05) is 19.9 Å². The molecule has 1 aliphatic rings. The molecule has 106 valence electrons. The van der Waals surface area contributed by atoms with Gasteiger partial charge in [-0.2, -0.15) is 0 Å². The number of hydrogen-bond donors (Lipinski definition) is 2. The normalized spacial score (nSPS) is 27.3. The molecule has 1 fully saturated rings. The van der Waals surface area contributed by atoms with Gasteiger partial charge in [0, 0.05) is 17.9 Å². The Bertz CT molecular complexity index is 405. The van der Waals surface area contributed by atoms with Crippen molar-refractivity contribution >= 4 is 5.95 Å². The summed E-state index contributed by atoms with van der Waals surface area (Å²) in [5, 5.41) is 13.8. The molecule has 0 saturated heterocycles. The first kappa shape index (κ1) is 14.3. The number of rotatable bonds is 4. The number of nitrogens with one attached hydrogen (secondary N) is 1. The van der Waals surface area contributed by atoms with Gasteiger partial charge in [-0.15, -0.1) is 0 Å². The van der Waals surface area contributed by atoms with E-state index < -0.39 is 5.60 Å². The quantitative estimate of drug-likeness (QED) is 0.877. The molecule has 2 N–H and O–H groups in total. The van der Waals surface area contributed by atoms with Crippen molar-refractivity contribution in [1.29, 1.82) is 0 Å². The topological polar surface area (TPSA) is 58.0 Å². The molecule has 1 aliphatic carbocycles. The second-order valence-corrected chi connectivity index (χ2v) is 5.90. The fourth-order valence-corrected chi connectivity index (χ4v) is 2.85. The first-order chi connectivity index (χ1) is 9.00. The van der Waals surface area contributed by atoms with E-state index in [1.54, 1.807) is 0 Å². The van der Waals surface area contributed by atoms with Crippen LogP contribution in [0.1, 0.15) is 50.4 Å². The predicted octanol–water partition coefficient (Wildman–Crippen LogP) is 2.84. The highest BCUT2D eigenvalue weighted by Gasteiger charge is 2.32. The van der Waals surface area contributed by atoms with Gasteiger partial charge in [0.2, 0.25) is 5.95 Å². The summed E-state index contributed by atoms with van der Waals surface area (Å²) in [6, 6.07) is 1.95. The van der Waals surface area contributed by atoms with Gasteiger partial charge in [-0.25, -0.2) is 9.97 Å². The molecule has 0 atom stereocenters. The summed E-state index contributed by atoms with van der Waals surface area (Å²) < 4.78 is 0. The fourth-order valence-electron chi connectivity index (χ4n) is 2.85. The Labute approximate surface area is 115 Å². The molecule has 0 bridgehead atoms. The molecule has 1 aromatic heterocycles. The van der Waals surface area contributed by atoms with Crippen LogP contribution in [-0.4, -0.2) is 27.2 Å². The van der Waals surface area contributed by atoms with Gasteiger partial charge in [0.1, 0.15) is 0 Å². The van der Waals surface area contributed by atoms with E-state index in [1.165, 1.54) is 6.42 Å². The molecule has 0 spiro atoms. The van der Waals surface area contributed by atoms with Crippen molar-refractivity contribution in [2.45, 2.75) is 58.5 Å². The zero-order valence-electron chi connectivity index (χ0n) is 12.2. The molecular weight excluding hydrogens is 238 g/mol. The third-order valence-electron chi connectivity index (χ3n) is 4.17. The molecule has 4 nitrogen and oxygen atoms in total. The molecule has 0 aromatic carbocycles. The number of anilines is 1. The lowest BCUT2D eigenvalue weighted by molar-refractivity contribution is 0.00215. The van der Waals surface area contributed by atoms with Gasteiger partial charge in [0.05, 0.1) is 5.60 Å². The SMILES string of the molecule is CCC1CCC(O)(CNc2nc(C)cc(C)n2)CC1. The van der Waals surface area contributed by atoms with Crippen molar-refractivity contribution in [1.82, 2.24) is 9.97 Å². The van der Waals surface area contributed by atoms with Crippen molar-refractivity contribution < 1.29 is 5.11 Å². The van der Waals surface area contributed by atoms with Crippen molar-refractivity contribution in [2.24, 2.45) is 5.92 Å². The molecule has 19 heavy (non-hydrogen) atoms. The molecule has 1 aromatic rings. The molecule has 1 saturated carbocycles. The first-order valence-electron chi connectivity index (χ1n) is 7.29. The maximum Gasteiger partial charge on any atom is 0.223 e. The van der Waals surface area contributed by atoms with Crippen LogP contribution in [0.25, 0.3) is 0 Å². The Hall–Kier alpha value is -1.16. The lowest BCUT2D eigenvalue weighted by Crippen LogP contribution is -2.40. The standard InChI is InChI=1S/C15H25N3O/c1-4-13-5-7-15(19,8-6-13)10-16-14-17-11(2)9-12(3)18-14/h9,13,19H,4-8,10H2,1-3H3,(H,16,17,18). The summed E-state index contributed by atoms with van der Waals surface area (Å²) in [4.78, 5) is 8.69. The van der Waals surface area contributed by atoms with Crippen LogP contribution in [0.3, 0.4) is 0 Å².